The summed E-state index contributed by atoms with van der Waals surface area (Å²) in [4.78, 5) is 21.8. The van der Waals surface area contributed by atoms with Crippen molar-refractivity contribution >= 4 is 71.6 Å². The van der Waals surface area contributed by atoms with Gasteiger partial charge in [-0.1, -0.05) is 31.9 Å². The number of nitrogens with two attached hydrogens (primary N) is 1. The fourth-order valence-corrected chi connectivity index (χ4v) is 2.19. The van der Waals surface area contributed by atoms with Crippen molar-refractivity contribution in [3.05, 3.63) is 70.8 Å². The van der Waals surface area contributed by atoms with Crippen molar-refractivity contribution in [2.24, 2.45) is 5.73 Å². The molecule has 2 aromatic rings. The summed E-state index contributed by atoms with van der Waals surface area (Å²) in [6.07, 6.45) is -8.75. The molecule has 2 rings (SSSR count). The summed E-state index contributed by atoms with van der Waals surface area (Å²) in [5.74, 6) is -0.381. The zero-order valence-corrected chi connectivity index (χ0v) is 22.8. The zero-order chi connectivity index (χ0) is 25.7. The van der Waals surface area contributed by atoms with Gasteiger partial charge in [0.05, 0.1) is 11.1 Å². The smallest absolute Gasteiger partial charge is 0.351 e. The highest BCUT2D eigenvalue weighted by Gasteiger charge is 2.30. The minimum absolute atomic E-state index is 0. The molecule has 0 aliphatic rings. The molecule has 192 valence electrons. The van der Waals surface area contributed by atoms with Gasteiger partial charge in [0.2, 0.25) is 0 Å². The first-order chi connectivity index (χ1) is 15.3. The van der Waals surface area contributed by atoms with E-state index in [1.54, 1.807) is 0 Å². The summed E-state index contributed by atoms with van der Waals surface area (Å²) in [6, 6.07) is 7.81. The molecule has 0 unspecified atom stereocenters. The Morgan fingerprint density at radius 2 is 1.15 bits per heavy atom. The average molecular weight is 710 g/mol. The molecular weight excluding hydrogens is 689 g/mol. The molecule has 0 saturated heterocycles. The number of hydrogen-bond donors (Lipinski definition) is 2. The lowest BCUT2D eigenvalue weighted by Gasteiger charge is -2.07. The first-order valence-corrected chi connectivity index (χ1v) is 11.5. The van der Waals surface area contributed by atoms with E-state index in [-0.39, 0.29) is 34.0 Å². The molecule has 0 aliphatic heterocycles. The van der Waals surface area contributed by atoms with Gasteiger partial charge in [0.15, 0.2) is 0 Å². The maximum Gasteiger partial charge on any atom is 0.416 e. The van der Waals surface area contributed by atoms with E-state index in [0.717, 1.165) is 60.4 Å². The summed E-state index contributed by atoms with van der Waals surface area (Å²) in [7, 11) is 0. The van der Waals surface area contributed by atoms with E-state index in [4.69, 9.17) is 17.3 Å². The molecule has 34 heavy (non-hydrogen) atoms. The first-order valence-electron chi connectivity index (χ1n) is 8.92. The molecule has 0 saturated carbocycles. The number of hydrogen-bond acceptors (Lipinski definition) is 3. The third kappa shape index (κ3) is 14.3. The van der Waals surface area contributed by atoms with E-state index in [0.29, 0.717) is 11.9 Å². The highest BCUT2D eigenvalue weighted by molar-refractivity contribution is 9.09. The Morgan fingerprint density at radius 3 is 1.41 bits per heavy atom. The molecular formula is C20H20Br3ClF6N2O2. The quantitative estimate of drug-likeness (QED) is 0.203. The molecule has 0 heterocycles. The Morgan fingerprint density at radius 1 is 0.794 bits per heavy atom. The standard InChI is InChI=1S/C10H9BrF3NO.C8H4ClF3O.C2H6BrN.BrH/c11-5-6-15-9(16)7-1-3-8(4-2-7)10(12,13)14;9-7(13)5-1-3-6(4-2-5)8(10,11)12;3-1-2-4;/h1-4H,5-6H2,(H,15,16);1-4H;1-2,4H2;1H. The SMILES string of the molecule is Br.NCCBr.O=C(Cl)c1ccc(C(F)(F)F)cc1.O=C(NCCBr)c1ccc(C(F)(F)F)cc1. The van der Waals surface area contributed by atoms with E-state index in [1.807, 2.05) is 0 Å². The maximum absolute atomic E-state index is 12.2. The predicted molar refractivity (Wildman–Crippen MR) is 132 cm³/mol. The number of alkyl halides is 8. The number of carbonyl (C=O) groups is 2. The molecule has 3 N–H and O–H groups in total. The Kier molecular flexibility index (Phi) is 17.8. The minimum atomic E-state index is -4.38. The van der Waals surface area contributed by atoms with Crippen LogP contribution >= 0.6 is 60.4 Å². The predicted octanol–water partition coefficient (Wildman–Crippen LogP) is 6.83. The highest BCUT2D eigenvalue weighted by atomic mass is 79.9. The van der Waals surface area contributed by atoms with E-state index < -0.39 is 28.7 Å². The van der Waals surface area contributed by atoms with Crippen LogP contribution < -0.4 is 11.1 Å². The van der Waals surface area contributed by atoms with Crippen LogP contribution in [0, 0.1) is 0 Å². The third-order valence-electron chi connectivity index (χ3n) is 3.40. The van der Waals surface area contributed by atoms with Crippen LogP contribution in [0.4, 0.5) is 26.3 Å². The number of benzene rings is 2. The van der Waals surface area contributed by atoms with Crippen LogP contribution in [0.3, 0.4) is 0 Å². The van der Waals surface area contributed by atoms with Crippen LogP contribution in [-0.2, 0) is 12.4 Å². The van der Waals surface area contributed by atoms with E-state index >= 15 is 0 Å². The van der Waals surface area contributed by atoms with Crippen LogP contribution in [0.5, 0.6) is 0 Å². The van der Waals surface area contributed by atoms with Crippen LogP contribution in [0.25, 0.3) is 0 Å². The average Bonchev–Trinajstić information content (AvgIpc) is 2.77. The lowest BCUT2D eigenvalue weighted by Crippen LogP contribution is -2.25. The van der Waals surface area contributed by atoms with Gasteiger partial charge >= 0.3 is 12.4 Å². The second-order valence-corrected chi connectivity index (χ2v) is 7.78. The molecule has 0 fully saturated rings. The Hall–Kier alpha value is -1.15. The molecule has 0 atom stereocenters. The van der Waals surface area contributed by atoms with Gasteiger partial charge in [-0.2, -0.15) is 26.3 Å². The largest absolute Gasteiger partial charge is 0.416 e. The van der Waals surface area contributed by atoms with Crippen molar-refractivity contribution in [1.82, 2.24) is 5.32 Å². The topological polar surface area (TPSA) is 72.2 Å². The Bertz CT molecular complexity index is 863. The van der Waals surface area contributed by atoms with Crippen molar-refractivity contribution in [3.63, 3.8) is 0 Å². The molecule has 1 amide bonds. The van der Waals surface area contributed by atoms with Crippen molar-refractivity contribution < 1.29 is 35.9 Å². The van der Waals surface area contributed by atoms with E-state index in [1.165, 1.54) is 0 Å². The van der Waals surface area contributed by atoms with Crippen LogP contribution in [-0.4, -0.2) is 34.9 Å². The second-order valence-electron chi connectivity index (χ2n) is 5.85. The van der Waals surface area contributed by atoms with Gasteiger partial charge in [-0.15, -0.1) is 17.0 Å². The van der Waals surface area contributed by atoms with Crippen molar-refractivity contribution in [2.75, 3.05) is 23.7 Å². The highest BCUT2D eigenvalue weighted by Crippen LogP contribution is 2.30. The normalized spacial score (nSPS) is 10.5. The molecule has 0 aromatic heterocycles. The van der Waals surface area contributed by atoms with Gasteiger partial charge in [0.25, 0.3) is 11.1 Å². The summed E-state index contributed by atoms with van der Waals surface area (Å²) in [6.45, 7) is 1.17. The lowest BCUT2D eigenvalue weighted by atomic mass is 10.1. The third-order valence-corrected chi connectivity index (χ3v) is 4.48. The van der Waals surface area contributed by atoms with Gasteiger partial charge in [-0.3, -0.25) is 9.59 Å². The molecule has 0 radical (unpaired) electrons. The van der Waals surface area contributed by atoms with Gasteiger partial charge in [0.1, 0.15) is 0 Å². The van der Waals surface area contributed by atoms with Gasteiger partial charge in [-0.05, 0) is 60.1 Å². The number of nitrogens with one attached hydrogen (secondary N) is 1. The fourth-order valence-electron chi connectivity index (χ4n) is 1.86. The summed E-state index contributed by atoms with van der Waals surface area (Å²) < 4.78 is 72.7. The summed E-state index contributed by atoms with van der Waals surface area (Å²) in [5, 5.41) is 3.28. The fraction of sp³-hybridized carbons (Fsp3) is 0.300. The van der Waals surface area contributed by atoms with Gasteiger partial charge < -0.3 is 11.1 Å². The minimum Gasteiger partial charge on any atom is -0.351 e. The van der Waals surface area contributed by atoms with Gasteiger partial charge in [-0.25, -0.2) is 0 Å². The second kappa shape index (κ2) is 17.3. The van der Waals surface area contributed by atoms with Crippen molar-refractivity contribution in [1.29, 1.82) is 0 Å². The van der Waals surface area contributed by atoms with Crippen LogP contribution in [0.2, 0.25) is 0 Å². The van der Waals surface area contributed by atoms with Crippen LogP contribution in [0.15, 0.2) is 48.5 Å². The molecule has 0 spiro atoms. The molecule has 0 bridgehead atoms. The zero-order valence-electron chi connectivity index (χ0n) is 17.2. The molecule has 14 heteroatoms. The number of amides is 1. The van der Waals surface area contributed by atoms with E-state index in [2.05, 4.69) is 37.2 Å². The molecule has 4 nitrogen and oxygen atoms in total. The van der Waals surface area contributed by atoms with E-state index in [9.17, 15) is 35.9 Å². The van der Waals surface area contributed by atoms with Crippen LogP contribution in [0.1, 0.15) is 31.8 Å². The maximum atomic E-state index is 12.2. The monoisotopic (exact) mass is 706 g/mol. The van der Waals surface area contributed by atoms with Crippen molar-refractivity contribution in [3.8, 4) is 0 Å². The van der Waals surface area contributed by atoms with Gasteiger partial charge in [0, 0.05) is 34.9 Å². The number of carbonyl (C=O) groups excluding carboxylic acids is 2. The van der Waals surface area contributed by atoms with Crippen molar-refractivity contribution in [2.45, 2.75) is 12.4 Å². The molecule has 2 aromatic carbocycles. The molecule has 0 aliphatic carbocycles. The number of rotatable bonds is 5. The number of halogens is 10. The first kappa shape index (κ1) is 35.0. The summed E-state index contributed by atoms with van der Waals surface area (Å²) >= 11 is 11.3. The Labute approximate surface area is 224 Å². The Balaban J connectivity index is 0. The summed E-state index contributed by atoms with van der Waals surface area (Å²) in [5.41, 5.74) is 3.69. The lowest BCUT2D eigenvalue weighted by molar-refractivity contribution is -0.138.